The number of amides is 1. The highest BCUT2D eigenvalue weighted by atomic mass is 32.1. The molecule has 0 radical (unpaired) electrons. The summed E-state index contributed by atoms with van der Waals surface area (Å²) in [5.74, 6) is 0.126. The molecular formula is C21H16N4O2S2. The molecule has 0 fully saturated rings. The summed E-state index contributed by atoms with van der Waals surface area (Å²) in [7, 11) is 0. The number of thiazole rings is 1. The van der Waals surface area contributed by atoms with Crippen molar-refractivity contribution >= 4 is 43.5 Å². The first-order valence-corrected chi connectivity index (χ1v) is 10.8. The topological polar surface area (TPSA) is 68.5 Å². The van der Waals surface area contributed by atoms with E-state index >= 15 is 0 Å². The van der Waals surface area contributed by atoms with Gasteiger partial charge in [0, 0.05) is 40.8 Å². The zero-order chi connectivity index (χ0) is 19.6. The number of carbonyl (C=O) groups is 1. The molecule has 8 heteroatoms. The molecule has 0 spiro atoms. The van der Waals surface area contributed by atoms with Crippen LogP contribution < -0.4 is 10.1 Å². The minimum atomic E-state index is -0.200. The summed E-state index contributed by atoms with van der Waals surface area (Å²) in [5.41, 5.74) is 2.43. The molecular weight excluding hydrogens is 404 g/mol. The number of thiophene rings is 1. The first kappa shape index (κ1) is 17.8. The lowest BCUT2D eigenvalue weighted by Gasteiger charge is -2.07. The Labute approximate surface area is 174 Å². The number of hydrogen-bond acceptors (Lipinski definition) is 6. The highest BCUT2D eigenvalue weighted by Gasteiger charge is 2.22. The van der Waals surface area contributed by atoms with Crippen LogP contribution in [-0.4, -0.2) is 20.5 Å². The van der Waals surface area contributed by atoms with Crippen molar-refractivity contribution in [2.75, 3.05) is 0 Å². The van der Waals surface area contributed by atoms with Gasteiger partial charge in [-0.25, -0.2) is 4.52 Å². The quantitative estimate of drug-likeness (QED) is 0.439. The van der Waals surface area contributed by atoms with Gasteiger partial charge in [0.05, 0.1) is 0 Å². The summed E-state index contributed by atoms with van der Waals surface area (Å²) in [4.78, 5) is 17.8. The van der Waals surface area contributed by atoms with Gasteiger partial charge in [-0.2, -0.15) is 0 Å². The van der Waals surface area contributed by atoms with Gasteiger partial charge in [0.25, 0.3) is 5.91 Å². The van der Waals surface area contributed by atoms with Crippen LogP contribution in [0.1, 0.15) is 21.5 Å². The van der Waals surface area contributed by atoms with Crippen molar-refractivity contribution in [1.82, 2.24) is 19.9 Å². The van der Waals surface area contributed by atoms with E-state index in [1.807, 2.05) is 29.8 Å². The summed E-state index contributed by atoms with van der Waals surface area (Å²) in [6, 6.07) is 12.1. The van der Waals surface area contributed by atoms with Gasteiger partial charge in [-0.1, -0.05) is 12.1 Å². The van der Waals surface area contributed by atoms with Gasteiger partial charge in [0.2, 0.25) is 5.88 Å². The number of pyridine rings is 1. The number of rotatable bonds is 6. The van der Waals surface area contributed by atoms with Crippen LogP contribution in [0.2, 0.25) is 0 Å². The molecule has 29 heavy (non-hydrogen) atoms. The van der Waals surface area contributed by atoms with E-state index in [0.717, 1.165) is 16.0 Å². The molecule has 0 saturated heterocycles. The second-order valence-electron chi connectivity index (χ2n) is 6.46. The van der Waals surface area contributed by atoms with Crippen molar-refractivity contribution in [3.63, 3.8) is 0 Å². The molecule has 0 unspecified atom stereocenters. The van der Waals surface area contributed by atoms with E-state index in [9.17, 15) is 4.79 Å². The fraction of sp³-hybridized carbons (Fsp3) is 0.0952. The van der Waals surface area contributed by atoms with Crippen molar-refractivity contribution in [2.45, 2.75) is 13.2 Å². The van der Waals surface area contributed by atoms with E-state index in [4.69, 9.17) is 4.74 Å². The number of aromatic nitrogens is 3. The highest BCUT2D eigenvalue weighted by Crippen LogP contribution is 2.27. The van der Waals surface area contributed by atoms with Crippen LogP contribution in [0.3, 0.4) is 0 Å². The molecule has 5 rings (SSSR count). The summed E-state index contributed by atoms with van der Waals surface area (Å²) in [5, 5.41) is 12.6. The molecule has 4 aromatic heterocycles. The van der Waals surface area contributed by atoms with Crippen LogP contribution in [0.25, 0.3) is 14.9 Å². The standard InChI is InChI=1S/C21H16N4O2S2/c26-19(23-12-14-3-4-17-16(10-14)5-8-28-17)18-20(24-25-7-9-29-21(18)25)27-13-15-2-1-6-22-11-15/h1-11H,12-13H2,(H,23,26). The van der Waals surface area contributed by atoms with Gasteiger partial charge >= 0.3 is 0 Å². The number of hydrogen-bond donors (Lipinski definition) is 1. The molecule has 1 amide bonds. The van der Waals surface area contributed by atoms with E-state index in [1.54, 1.807) is 28.2 Å². The van der Waals surface area contributed by atoms with Crippen molar-refractivity contribution < 1.29 is 9.53 Å². The third-order valence-corrected chi connectivity index (χ3v) is 6.28. The maximum absolute atomic E-state index is 13.0. The van der Waals surface area contributed by atoms with Crippen molar-refractivity contribution in [3.05, 3.63) is 82.4 Å². The third-order valence-electron chi connectivity index (χ3n) is 4.51. The number of nitrogens with zero attached hydrogens (tertiary/aromatic N) is 3. The normalized spacial score (nSPS) is 11.2. The number of fused-ring (bicyclic) bond motifs is 2. The Morgan fingerprint density at radius 1 is 1.14 bits per heavy atom. The molecule has 6 nitrogen and oxygen atoms in total. The summed E-state index contributed by atoms with van der Waals surface area (Å²) in [6.45, 7) is 0.739. The monoisotopic (exact) mass is 420 g/mol. The Morgan fingerprint density at radius 3 is 3.00 bits per heavy atom. The highest BCUT2D eigenvalue weighted by molar-refractivity contribution is 7.17. The zero-order valence-electron chi connectivity index (χ0n) is 15.2. The largest absolute Gasteiger partial charge is 0.471 e. The first-order valence-electron chi connectivity index (χ1n) is 9.00. The fourth-order valence-electron chi connectivity index (χ4n) is 3.09. The molecule has 0 atom stereocenters. The zero-order valence-corrected chi connectivity index (χ0v) is 16.9. The van der Waals surface area contributed by atoms with E-state index < -0.39 is 0 Å². The van der Waals surface area contributed by atoms with Crippen LogP contribution in [-0.2, 0) is 13.2 Å². The SMILES string of the molecule is O=C(NCc1ccc2sccc2c1)c1c(OCc2cccnc2)nn2ccsc12. The van der Waals surface area contributed by atoms with Crippen molar-refractivity contribution in [1.29, 1.82) is 0 Å². The Balaban J connectivity index is 1.36. The van der Waals surface area contributed by atoms with Gasteiger partial charge < -0.3 is 10.1 Å². The summed E-state index contributed by atoms with van der Waals surface area (Å²) < 4.78 is 8.78. The number of nitrogens with one attached hydrogen (secondary N) is 1. The third kappa shape index (κ3) is 3.59. The fourth-order valence-corrected chi connectivity index (χ4v) is 4.68. The maximum Gasteiger partial charge on any atom is 0.260 e. The van der Waals surface area contributed by atoms with E-state index in [-0.39, 0.29) is 5.91 Å². The Morgan fingerprint density at radius 2 is 2.10 bits per heavy atom. The minimum Gasteiger partial charge on any atom is -0.471 e. The van der Waals surface area contributed by atoms with E-state index in [1.165, 1.54) is 21.4 Å². The minimum absolute atomic E-state index is 0.200. The van der Waals surface area contributed by atoms with Gasteiger partial charge in [0.1, 0.15) is 17.0 Å². The smallest absolute Gasteiger partial charge is 0.260 e. The Kier molecular flexibility index (Phi) is 4.71. The average molecular weight is 421 g/mol. The summed E-state index contributed by atoms with van der Waals surface area (Å²) >= 11 is 3.17. The number of ether oxygens (including phenoxy) is 1. The van der Waals surface area contributed by atoms with Gasteiger partial charge in [-0.15, -0.1) is 27.8 Å². The predicted octanol–water partition coefficient (Wildman–Crippen LogP) is 4.51. The van der Waals surface area contributed by atoms with Gasteiger partial charge in [-0.3, -0.25) is 9.78 Å². The van der Waals surface area contributed by atoms with Crippen LogP contribution in [0.5, 0.6) is 5.88 Å². The molecule has 0 aliphatic rings. The Bertz CT molecular complexity index is 1290. The average Bonchev–Trinajstić information content (AvgIpc) is 3.46. The van der Waals surface area contributed by atoms with Crippen LogP contribution >= 0.6 is 22.7 Å². The molecule has 0 bridgehead atoms. The van der Waals surface area contributed by atoms with E-state index in [2.05, 4.69) is 39.0 Å². The molecule has 1 N–H and O–H groups in total. The predicted molar refractivity (Wildman–Crippen MR) is 115 cm³/mol. The molecule has 0 aliphatic carbocycles. The van der Waals surface area contributed by atoms with Crippen LogP contribution in [0, 0.1) is 0 Å². The Hall–Kier alpha value is -3.23. The number of carbonyl (C=O) groups excluding carboxylic acids is 1. The van der Waals surface area contributed by atoms with Crippen LogP contribution in [0.4, 0.5) is 0 Å². The lowest BCUT2D eigenvalue weighted by atomic mass is 10.1. The van der Waals surface area contributed by atoms with Crippen molar-refractivity contribution in [3.8, 4) is 5.88 Å². The second kappa shape index (κ2) is 7.65. The lowest BCUT2D eigenvalue weighted by molar-refractivity contribution is 0.0948. The molecule has 0 aliphatic heterocycles. The van der Waals surface area contributed by atoms with Gasteiger partial charge in [0.15, 0.2) is 0 Å². The summed E-state index contributed by atoms with van der Waals surface area (Å²) in [6.07, 6.45) is 5.26. The van der Waals surface area contributed by atoms with Crippen LogP contribution in [0.15, 0.2) is 65.7 Å². The molecule has 1 aromatic carbocycles. The van der Waals surface area contributed by atoms with Crippen molar-refractivity contribution in [2.24, 2.45) is 0 Å². The molecule has 0 saturated carbocycles. The van der Waals surface area contributed by atoms with E-state index in [0.29, 0.717) is 24.6 Å². The maximum atomic E-state index is 13.0. The second-order valence-corrected chi connectivity index (χ2v) is 8.30. The molecule has 4 heterocycles. The first-order chi connectivity index (χ1) is 14.3. The lowest BCUT2D eigenvalue weighted by Crippen LogP contribution is -2.23. The molecule has 144 valence electrons. The number of benzene rings is 1. The molecule has 5 aromatic rings. The van der Waals surface area contributed by atoms with Gasteiger partial charge in [-0.05, 0) is 40.6 Å².